The van der Waals surface area contributed by atoms with E-state index in [2.05, 4.69) is 20.2 Å². The van der Waals surface area contributed by atoms with Gasteiger partial charge in [0, 0.05) is 10.3 Å². The highest BCUT2D eigenvalue weighted by molar-refractivity contribution is 6.34. The smallest absolute Gasteiger partial charge is 0.132 e. The monoisotopic (exact) mass is 193 g/mol. The summed E-state index contributed by atoms with van der Waals surface area (Å²) in [5.74, 6) is 0. The first-order chi connectivity index (χ1) is 6.33. The number of rotatable bonds is 1. The minimum atomic E-state index is 0.449. The second kappa shape index (κ2) is 2.97. The summed E-state index contributed by atoms with van der Waals surface area (Å²) in [6.45, 7) is 0. The average molecular weight is 194 g/mol. The predicted molar refractivity (Wildman–Crippen MR) is 49.9 cm³/mol. The summed E-state index contributed by atoms with van der Waals surface area (Å²) >= 11 is 5.79. The Bertz CT molecular complexity index is 497. The Hall–Kier alpha value is -1.71. The molecule has 0 bridgehead atoms. The molecule has 0 saturated heterocycles. The van der Waals surface area contributed by atoms with Gasteiger partial charge in [0.2, 0.25) is 0 Å². The first-order valence-electron chi connectivity index (χ1n) is 3.50. The second-order valence-electron chi connectivity index (χ2n) is 2.40. The number of aromatic amines is 1. The zero-order valence-electron chi connectivity index (χ0n) is 6.40. The minimum Gasteiger partial charge on any atom is -0.266 e. The predicted octanol–water partition coefficient (Wildman–Crippen LogP) is 3.16. The van der Waals surface area contributed by atoms with Gasteiger partial charge in [-0.3, -0.25) is 5.10 Å². The van der Waals surface area contributed by atoms with Gasteiger partial charge in [0.25, 0.3) is 0 Å². The van der Waals surface area contributed by atoms with Crippen LogP contribution in [0.3, 0.4) is 0 Å². The topological polar surface area (TPSA) is 77.4 Å². The maximum Gasteiger partial charge on any atom is 0.132 e. The Labute approximate surface area is 77.9 Å². The highest BCUT2D eigenvalue weighted by atomic mass is 35.5. The molecular weight excluding hydrogens is 190 g/mol. The molecule has 13 heavy (non-hydrogen) atoms. The maximum absolute atomic E-state index is 8.27. The zero-order chi connectivity index (χ0) is 9.26. The van der Waals surface area contributed by atoms with E-state index >= 15 is 0 Å². The molecule has 1 aromatic heterocycles. The molecule has 0 spiro atoms. The number of benzene rings is 1. The molecular formula is C7H4ClN5. The van der Waals surface area contributed by atoms with Gasteiger partial charge in [0.15, 0.2) is 0 Å². The van der Waals surface area contributed by atoms with Crippen LogP contribution in [0.1, 0.15) is 0 Å². The zero-order valence-corrected chi connectivity index (χ0v) is 7.15. The van der Waals surface area contributed by atoms with Crippen molar-refractivity contribution in [2.45, 2.75) is 0 Å². The summed E-state index contributed by atoms with van der Waals surface area (Å²) in [6.07, 6.45) is 0. The summed E-state index contributed by atoms with van der Waals surface area (Å²) in [6, 6.07) is 5.24. The van der Waals surface area contributed by atoms with Gasteiger partial charge in [-0.2, -0.15) is 5.10 Å². The van der Waals surface area contributed by atoms with Crippen molar-refractivity contribution in [3.63, 3.8) is 0 Å². The molecule has 64 valence electrons. The molecule has 0 fully saturated rings. The SMILES string of the molecule is [N-]=[N+]=Nc1cccc2c(Cl)[nH]nc12. The van der Waals surface area contributed by atoms with E-state index in [1.54, 1.807) is 18.2 Å². The Morgan fingerprint density at radius 2 is 2.38 bits per heavy atom. The van der Waals surface area contributed by atoms with Crippen LogP contribution in [0.15, 0.2) is 23.3 Å². The molecule has 0 unspecified atom stereocenters. The van der Waals surface area contributed by atoms with Crippen LogP contribution in [0.4, 0.5) is 5.69 Å². The highest BCUT2D eigenvalue weighted by Gasteiger charge is 2.05. The maximum atomic E-state index is 8.27. The van der Waals surface area contributed by atoms with Crippen molar-refractivity contribution in [1.82, 2.24) is 10.2 Å². The van der Waals surface area contributed by atoms with Crippen LogP contribution in [-0.4, -0.2) is 10.2 Å². The summed E-state index contributed by atoms with van der Waals surface area (Å²) in [5, 5.41) is 11.2. The van der Waals surface area contributed by atoms with Gasteiger partial charge in [0.05, 0.1) is 5.69 Å². The molecule has 0 aliphatic carbocycles. The number of halogens is 1. The van der Waals surface area contributed by atoms with Crippen LogP contribution in [-0.2, 0) is 0 Å². The van der Waals surface area contributed by atoms with Crippen LogP contribution in [0.5, 0.6) is 0 Å². The van der Waals surface area contributed by atoms with E-state index in [0.717, 1.165) is 5.39 Å². The van der Waals surface area contributed by atoms with Crippen LogP contribution in [0, 0.1) is 0 Å². The van der Waals surface area contributed by atoms with Gasteiger partial charge in [-0.25, -0.2) is 0 Å². The lowest BCUT2D eigenvalue weighted by molar-refractivity contribution is 1.12. The Balaban J connectivity index is 2.84. The van der Waals surface area contributed by atoms with Crippen molar-refractivity contribution in [3.05, 3.63) is 33.8 Å². The molecule has 1 heterocycles. The third kappa shape index (κ3) is 1.20. The van der Waals surface area contributed by atoms with Crippen molar-refractivity contribution < 1.29 is 0 Å². The van der Waals surface area contributed by atoms with E-state index in [1.165, 1.54) is 0 Å². The first-order valence-corrected chi connectivity index (χ1v) is 3.88. The first kappa shape index (κ1) is 7.91. The third-order valence-corrected chi connectivity index (χ3v) is 1.96. The van der Waals surface area contributed by atoms with Crippen LogP contribution >= 0.6 is 11.6 Å². The number of nitrogens with zero attached hydrogens (tertiary/aromatic N) is 4. The van der Waals surface area contributed by atoms with Crippen molar-refractivity contribution in [2.75, 3.05) is 0 Å². The molecule has 0 aliphatic heterocycles. The van der Waals surface area contributed by atoms with Crippen LogP contribution in [0.2, 0.25) is 5.15 Å². The fourth-order valence-electron chi connectivity index (χ4n) is 1.12. The molecule has 1 N–H and O–H groups in total. The molecule has 6 heteroatoms. The van der Waals surface area contributed by atoms with E-state index in [0.29, 0.717) is 16.4 Å². The highest BCUT2D eigenvalue weighted by Crippen LogP contribution is 2.28. The van der Waals surface area contributed by atoms with E-state index in [-0.39, 0.29) is 0 Å². The van der Waals surface area contributed by atoms with E-state index in [4.69, 9.17) is 17.1 Å². The lowest BCUT2D eigenvalue weighted by Crippen LogP contribution is -1.68. The third-order valence-electron chi connectivity index (χ3n) is 1.67. The summed E-state index contributed by atoms with van der Waals surface area (Å²) in [4.78, 5) is 2.69. The summed E-state index contributed by atoms with van der Waals surface area (Å²) < 4.78 is 0. The van der Waals surface area contributed by atoms with Gasteiger partial charge in [-0.05, 0) is 11.6 Å². The molecule has 0 radical (unpaired) electrons. The van der Waals surface area contributed by atoms with E-state index < -0.39 is 0 Å². The Morgan fingerprint density at radius 1 is 1.54 bits per heavy atom. The minimum absolute atomic E-state index is 0.449. The summed E-state index contributed by atoms with van der Waals surface area (Å²) in [7, 11) is 0. The van der Waals surface area contributed by atoms with Gasteiger partial charge in [-0.1, -0.05) is 28.8 Å². The number of azide groups is 1. The largest absolute Gasteiger partial charge is 0.266 e. The Kier molecular flexibility index (Phi) is 1.81. The summed E-state index contributed by atoms with van der Waals surface area (Å²) in [5.41, 5.74) is 9.34. The number of aromatic nitrogens is 2. The lowest BCUT2D eigenvalue weighted by atomic mass is 10.2. The normalized spacial score (nSPS) is 9.92. The van der Waals surface area contributed by atoms with Crippen molar-refractivity contribution in [3.8, 4) is 0 Å². The van der Waals surface area contributed by atoms with Crippen molar-refractivity contribution in [2.24, 2.45) is 5.11 Å². The van der Waals surface area contributed by atoms with Gasteiger partial charge in [-0.15, -0.1) is 0 Å². The quantitative estimate of drug-likeness (QED) is 0.421. The van der Waals surface area contributed by atoms with E-state index in [1.807, 2.05) is 0 Å². The van der Waals surface area contributed by atoms with Gasteiger partial charge in [0.1, 0.15) is 10.7 Å². The van der Waals surface area contributed by atoms with Gasteiger partial charge >= 0.3 is 0 Å². The van der Waals surface area contributed by atoms with Gasteiger partial charge < -0.3 is 0 Å². The molecule has 2 rings (SSSR count). The Morgan fingerprint density at radius 3 is 3.15 bits per heavy atom. The fraction of sp³-hybridized carbons (Fsp3) is 0. The van der Waals surface area contributed by atoms with Crippen LogP contribution < -0.4 is 0 Å². The van der Waals surface area contributed by atoms with Crippen molar-refractivity contribution >= 4 is 28.2 Å². The standard InChI is InChI=1S/C7H4ClN5/c8-7-4-2-1-3-5(10-13-9)6(4)11-12-7/h1-3H,(H,11,12). The molecule has 2 aromatic rings. The van der Waals surface area contributed by atoms with Crippen molar-refractivity contribution in [1.29, 1.82) is 0 Å². The molecule has 0 atom stereocenters. The number of para-hydroxylation sites is 1. The lowest BCUT2D eigenvalue weighted by Gasteiger charge is -1.91. The second-order valence-corrected chi connectivity index (χ2v) is 2.78. The molecule has 0 aliphatic rings. The molecule has 1 aromatic carbocycles. The van der Waals surface area contributed by atoms with Crippen LogP contribution in [0.25, 0.3) is 21.3 Å². The molecule has 5 nitrogen and oxygen atoms in total. The average Bonchev–Trinajstić information content (AvgIpc) is 2.50. The number of hydrogen-bond donors (Lipinski definition) is 1. The molecule has 0 saturated carbocycles. The molecule has 0 amide bonds. The number of hydrogen-bond acceptors (Lipinski definition) is 2. The number of fused-ring (bicyclic) bond motifs is 1. The number of nitrogens with one attached hydrogen (secondary N) is 1. The van der Waals surface area contributed by atoms with E-state index in [9.17, 15) is 0 Å². The number of H-pyrrole nitrogens is 1. The fourth-order valence-corrected chi connectivity index (χ4v) is 1.31.